The first-order valence-electron chi connectivity index (χ1n) is 8.51. The standard InChI is InChI=1S/C19H25N3O2/c1-14-12-15(2)22(20-14)13-16-8-10-21(11-9-16)19(23)17-4-6-18(24-3)7-5-17/h4-7,12,16H,8-11,13H2,1-3H3. The van der Waals surface area contributed by atoms with Crippen molar-refractivity contribution < 1.29 is 9.53 Å². The average Bonchev–Trinajstić information content (AvgIpc) is 2.92. The SMILES string of the molecule is COc1ccc(C(=O)N2CCC(Cn3nc(C)cc3C)CC2)cc1. The van der Waals surface area contributed by atoms with E-state index < -0.39 is 0 Å². The number of benzene rings is 1. The van der Waals surface area contributed by atoms with Crippen LogP contribution in [0.5, 0.6) is 5.75 Å². The Labute approximate surface area is 143 Å². The van der Waals surface area contributed by atoms with Crippen LogP contribution in [0.15, 0.2) is 30.3 Å². The Morgan fingerprint density at radius 3 is 2.42 bits per heavy atom. The van der Waals surface area contributed by atoms with Crippen molar-refractivity contribution in [2.45, 2.75) is 33.2 Å². The maximum absolute atomic E-state index is 12.6. The van der Waals surface area contributed by atoms with E-state index in [2.05, 4.69) is 22.8 Å². The number of carbonyl (C=O) groups is 1. The van der Waals surface area contributed by atoms with Gasteiger partial charge in [-0.25, -0.2) is 0 Å². The van der Waals surface area contributed by atoms with Gasteiger partial charge in [-0.1, -0.05) is 0 Å². The van der Waals surface area contributed by atoms with Gasteiger partial charge in [0.25, 0.3) is 5.91 Å². The van der Waals surface area contributed by atoms with Gasteiger partial charge in [-0.05, 0) is 62.9 Å². The molecule has 0 bridgehead atoms. The van der Waals surface area contributed by atoms with Gasteiger partial charge in [0, 0.05) is 30.9 Å². The van der Waals surface area contributed by atoms with Crippen molar-refractivity contribution in [3.05, 3.63) is 47.3 Å². The van der Waals surface area contributed by atoms with Gasteiger partial charge in [-0.15, -0.1) is 0 Å². The third-order valence-electron chi connectivity index (χ3n) is 4.77. The molecule has 1 aliphatic heterocycles. The van der Waals surface area contributed by atoms with Gasteiger partial charge in [0.05, 0.1) is 12.8 Å². The van der Waals surface area contributed by atoms with E-state index in [0.717, 1.165) is 49.5 Å². The summed E-state index contributed by atoms with van der Waals surface area (Å²) in [6, 6.07) is 9.46. The Bertz CT molecular complexity index is 698. The van der Waals surface area contributed by atoms with E-state index in [-0.39, 0.29) is 5.91 Å². The van der Waals surface area contributed by atoms with Crippen molar-refractivity contribution in [1.82, 2.24) is 14.7 Å². The molecule has 1 aliphatic rings. The quantitative estimate of drug-likeness (QED) is 0.867. The van der Waals surface area contributed by atoms with Gasteiger partial charge >= 0.3 is 0 Å². The average molecular weight is 327 g/mol. The number of hydrogen-bond donors (Lipinski definition) is 0. The number of hydrogen-bond acceptors (Lipinski definition) is 3. The Balaban J connectivity index is 1.56. The summed E-state index contributed by atoms with van der Waals surface area (Å²) in [7, 11) is 1.63. The fourth-order valence-corrected chi connectivity index (χ4v) is 3.34. The molecule has 5 nitrogen and oxygen atoms in total. The molecule has 1 fully saturated rings. The molecule has 5 heteroatoms. The number of ether oxygens (including phenoxy) is 1. The monoisotopic (exact) mass is 327 g/mol. The third-order valence-corrected chi connectivity index (χ3v) is 4.77. The molecule has 1 amide bonds. The van der Waals surface area contributed by atoms with E-state index in [4.69, 9.17) is 4.74 Å². The topological polar surface area (TPSA) is 47.4 Å². The van der Waals surface area contributed by atoms with Crippen molar-refractivity contribution in [3.8, 4) is 5.75 Å². The van der Waals surface area contributed by atoms with E-state index >= 15 is 0 Å². The fraction of sp³-hybridized carbons (Fsp3) is 0.474. The summed E-state index contributed by atoms with van der Waals surface area (Å²) < 4.78 is 7.24. The molecular formula is C19H25N3O2. The van der Waals surface area contributed by atoms with Crippen molar-refractivity contribution in [1.29, 1.82) is 0 Å². The number of amides is 1. The van der Waals surface area contributed by atoms with Crippen LogP contribution in [-0.2, 0) is 6.54 Å². The summed E-state index contributed by atoms with van der Waals surface area (Å²) in [6.07, 6.45) is 2.06. The van der Waals surface area contributed by atoms with Crippen LogP contribution in [0.25, 0.3) is 0 Å². The van der Waals surface area contributed by atoms with E-state index in [1.54, 1.807) is 7.11 Å². The lowest BCUT2D eigenvalue weighted by Gasteiger charge is -2.32. The van der Waals surface area contributed by atoms with Crippen molar-refractivity contribution >= 4 is 5.91 Å². The molecule has 2 aromatic rings. The van der Waals surface area contributed by atoms with Crippen LogP contribution in [0.2, 0.25) is 0 Å². The first-order valence-corrected chi connectivity index (χ1v) is 8.51. The molecule has 2 heterocycles. The highest BCUT2D eigenvalue weighted by atomic mass is 16.5. The molecule has 1 aromatic carbocycles. The zero-order chi connectivity index (χ0) is 17.1. The van der Waals surface area contributed by atoms with Crippen LogP contribution >= 0.6 is 0 Å². The Morgan fingerprint density at radius 1 is 1.21 bits per heavy atom. The molecule has 0 atom stereocenters. The summed E-state index contributed by atoms with van der Waals surface area (Å²) in [5, 5.41) is 4.55. The number of aryl methyl sites for hydroxylation is 2. The molecule has 1 aromatic heterocycles. The lowest BCUT2D eigenvalue weighted by Crippen LogP contribution is -2.39. The van der Waals surface area contributed by atoms with E-state index in [1.807, 2.05) is 36.1 Å². The Hall–Kier alpha value is -2.30. The Kier molecular flexibility index (Phi) is 4.88. The van der Waals surface area contributed by atoms with E-state index in [1.165, 1.54) is 5.69 Å². The van der Waals surface area contributed by atoms with Crippen LogP contribution in [0.1, 0.15) is 34.6 Å². The molecule has 0 unspecified atom stereocenters. The van der Waals surface area contributed by atoms with Gasteiger partial charge in [-0.2, -0.15) is 5.10 Å². The van der Waals surface area contributed by atoms with Gasteiger partial charge in [0.2, 0.25) is 0 Å². The van der Waals surface area contributed by atoms with Crippen LogP contribution < -0.4 is 4.74 Å². The molecule has 24 heavy (non-hydrogen) atoms. The number of aromatic nitrogens is 2. The minimum atomic E-state index is 0.113. The second-order valence-electron chi connectivity index (χ2n) is 6.57. The maximum atomic E-state index is 12.6. The largest absolute Gasteiger partial charge is 0.497 e. The minimum absolute atomic E-state index is 0.113. The highest BCUT2D eigenvalue weighted by Gasteiger charge is 2.24. The highest BCUT2D eigenvalue weighted by molar-refractivity contribution is 5.94. The second-order valence-corrected chi connectivity index (χ2v) is 6.57. The second kappa shape index (κ2) is 7.07. The highest BCUT2D eigenvalue weighted by Crippen LogP contribution is 2.22. The van der Waals surface area contributed by atoms with Crippen molar-refractivity contribution in [2.24, 2.45) is 5.92 Å². The molecule has 128 valence electrons. The number of carbonyl (C=O) groups excluding carboxylic acids is 1. The molecule has 0 spiro atoms. The predicted octanol–water partition coefficient (Wildman–Crippen LogP) is 3.06. The molecule has 0 N–H and O–H groups in total. The molecular weight excluding hydrogens is 302 g/mol. The van der Waals surface area contributed by atoms with E-state index in [0.29, 0.717) is 5.92 Å². The van der Waals surface area contributed by atoms with Crippen LogP contribution in [-0.4, -0.2) is 40.8 Å². The third kappa shape index (κ3) is 3.61. The number of methoxy groups -OCH3 is 1. The summed E-state index contributed by atoms with van der Waals surface area (Å²) in [4.78, 5) is 14.5. The maximum Gasteiger partial charge on any atom is 0.253 e. The molecule has 0 saturated carbocycles. The lowest BCUT2D eigenvalue weighted by molar-refractivity contribution is 0.0681. The fourth-order valence-electron chi connectivity index (χ4n) is 3.34. The predicted molar refractivity (Wildman–Crippen MR) is 93.3 cm³/mol. The summed E-state index contributed by atoms with van der Waals surface area (Å²) in [5.74, 6) is 1.47. The normalized spacial score (nSPS) is 15.5. The summed E-state index contributed by atoms with van der Waals surface area (Å²) in [5.41, 5.74) is 3.01. The number of nitrogens with zero attached hydrogens (tertiary/aromatic N) is 3. The number of likely N-dealkylation sites (tertiary alicyclic amines) is 1. The lowest BCUT2D eigenvalue weighted by atomic mass is 9.96. The van der Waals surface area contributed by atoms with Crippen LogP contribution in [0.3, 0.4) is 0 Å². The van der Waals surface area contributed by atoms with Crippen LogP contribution in [0.4, 0.5) is 0 Å². The summed E-state index contributed by atoms with van der Waals surface area (Å²) >= 11 is 0. The number of rotatable bonds is 4. The first kappa shape index (κ1) is 16.6. The zero-order valence-corrected chi connectivity index (χ0v) is 14.7. The minimum Gasteiger partial charge on any atom is -0.497 e. The smallest absolute Gasteiger partial charge is 0.253 e. The number of piperidine rings is 1. The summed E-state index contributed by atoms with van der Waals surface area (Å²) in [6.45, 7) is 6.70. The molecule has 3 rings (SSSR count). The van der Waals surface area contributed by atoms with Gasteiger partial charge in [0.15, 0.2) is 0 Å². The molecule has 0 aliphatic carbocycles. The van der Waals surface area contributed by atoms with Crippen LogP contribution in [0, 0.1) is 19.8 Å². The van der Waals surface area contributed by atoms with Crippen molar-refractivity contribution in [2.75, 3.05) is 20.2 Å². The van der Waals surface area contributed by atoms with Gasteiger partial charge in [-0.3, -0.25) is 9.48 Å². The first-order chi connectivity index (χ1) is 11.6. The Morgan fingerprint density at radius 2 is 1.88 bits per heavy atom. The molecule has 1 saturated heterocycles. The van der Waals surface area contributed by atoms with Gasteiger partial charge < -0.3 is 9.64 Å². The van der Waals surface area contributed by atoms with E-state index in [9.17, 15) is 4.79 Å². The zero-order valence-electron chi connectivity index (χ0n) is 14.7. The molecule has 0 radical (unpaired) electrons. The van der Waals surface area contributed by atoms with Crippen molar-refractivity contribution in [3.63, 3.8) is 0 Å². The van der Waals surface area contributed by atoms with Gasteiger partial charge in [0.1, 0.15) is 5.75 Å².